The number of aromatic nitrogens is 1. The molecule has 1 aliphatic rings. The van der Waals surface area contributed by atoms with Crippen LogP contribution in [0.15, 0.2) is 24.5 Å². The maximum atomic E-state index is 3.98. The fourth-order valence-corrected chi connectivity index (χ4v) is 1.41. The predicted molar refractivity (Wildman–Crippen MR) is 52.3 cm³/mol. The van der Waals surface area contributed by atoms with Gasteiger partial charge in [0.1, 0.15) is 0 Å². The Morgan fingerprint density at radius 1 is 1.38 bits per heavy atom. The first-order valence-corrected chi connectivity index (χ1v) is 4.75. The Morgan fingerprint density at radius 3 is 2.77 bits per heavy atom. The molecule has 1 aromatic heterocycles. The van der Waals surface area contributed by atoms with Crippen molar-refractivity contribution in [3.05, 3.63) is 30.1 Å². The Hall–Kier alpha value is -0.930. The summed E-state index contributed by atoms with van der Waals surface area (Å²) in [5.41, 5.74) is 1.31. The quantitative estimate of drug-likeness (QED) is 0.698. The normalized spacial score (nSPS) is 16.9. The molecule has 3 nitrogen and oxygen atoms in total. The first kappa shape index (κ1) is 8.66. The molecule has 0 amide bonds. The summed E-state index contributed by atoms with van der Waals surface area (Å²) in [5, 5.41) is 6.70. The standard InChI is InChI=1S/C10H15N3/c1-3-11-4-2-9(1)5-12-6-10-7-13-8-10/h1-4,10,12-13H,5-8H2. The van der Waals surface area contributed by atoms with E-state index in [0.717, 1.165) is 19.0 Å². The van der Waals surface area contributed by atoms with Crippen molar-refractivity contribution >= 4 is 0 Å². The van der Waals surface area contributed by atoms with Crippen LogP contribution in [0.3, 0.4) is 0 Å². The van der Waals surface area contributed by atoms with E-state index in [0.29, 0.717) is 0 Å². The van der Waals surface area contributed by atoms with E-state index < -0.39 is 0 Å². The summed E-state index contributed by atoms with van der Waals surface area (Å²) in [6.07, 6.45) is 3.67. The lowest BCUT2D eigenvalue weighted by molar-refractivity contribution is 0.331. The van der Waals surface area contributed by atoms with Gasteiger partial charge in [-0.2, -0.15) is 0 Å². The number of nitrogens with zero attached hydrogens (tertiary/aromatic N) is 1. The largest absolute Gasteiger partial charge is 0.316 e. The van der Waals surface area contributed by atoms with Crippen LogP contribution in [0.1, 0.15) is 5.56 Å². The van der Waals surface area contributed by atoms with Crippen LogP contribution in [0, 0.1) is 5.92 Å². The topological polar surface area (TPSA) is 37.0 Å². The third kappa shape index (κ3) is 2.50. The van der Waals surface area contributed by atoms with Gasteiger partial charge in [-0.25, -0.2) is 0 Å². The fourth-order valence-electron chi connectivity index (χ4n) is 1.41. The molecule has 2 heterocycles. The molecule has 1 aromatic rings. The van der Waals surface area contributed by atoms with Crippen molar-refractivity contribution in [2.45, 2.75) is 6.54 Å². The first-order chi connectivity index (χ1) is 6.45. The van der Waals surface area contributed by atoms with E-state index in [9.17, 15) is 0 Å². The van der Waals surface area contributed by atoms with Crippen LogP contribution in [-0.4, -0.2) is 24.6 Å². The zero-order valence-electron chi connectivity index (χ0n) is 7.66. The molecule has 0 atom stereocenters. The summed E-state index contributed by atoms with van der Waals surface area (Å²) in [4.78, 5) is 3.98. The number of pyridine rings is 1. The fraction of sp³-hybridized carbons (Fsp3) is 0.500. The molecule has 1 aliphatic heterocycles. The minimum absolute atomic E-state index is 0.835. The third-order valence-electron chi connectivity index (χ3n) is 2.38. The molecule has 0 bridgehead atoms. The van der Waals surface area contributed by atoms with Crippen molar-refractivity contribution in [2.75, 3.05) is 19.6 Å². The van der Waals surface area contributed by atoms with Gasteiger partial charge < -0.3 is 10.6 Å². The van der Waals surface area contributed by atoms with Gasteiger partial charge in [-0.1, -0.05) is 0 Å². The Balaban J connectivity index is 1.67. The molecule has 2 N–H and O–H groups in total. The Bertz CT molecular complexity index is 244. The zero-order valence-corrected chi connectivity index (χ0v) is 7.66. The van der Waals surface area contributed by atoms with E-state index >= 15 is 0 Å². The summed E-state index contributed by atoms with van der Waals surface area (Å²) in [6.45, 7) is 4.42. The second-order valence-corrected chi connectivity index (χ2v) is 3.51. The molecule has 0 spiro atoms. The average molecular weight is 177 g/mol. The summed E-state index contributed by atoms with van der Waals surface area (Å²) in [6, 6.07) is 4.10. The lowest BCUT2D eigenvalue weighted by atomic mass is 10.0. The van der Waals surface area contributed by atoms with Crippen molar-refractivity contribution in [3.63, 3.8) is 0 Å². The second kappa shape index (κ2) is 4.35. The van der Waals surface area contributed by atoms with Crippen LogP contribution in [0.25, 0.3) is 0 Å². The predicted octanol–water partition coefficient (Wildman–Crippen LogP) is 0.391. The molecule has 1 saturated heterocycles. The highest BCUT2D eigenvalue weighted by atomic mass is 15.0. The summed E-state index contributed by atoms with van der Waals surface area (Å²) in [7, 11) is 0. The molecule has 0 aliphatic carbocycles. The Morgan fingerprint density at radius 2 is 2.15 bits per heavy atom. The lowest BCUT2D eigenvalue weighted by Crippen LogP contribution is -2.47. The minimum atomic E-state index is 0.835. The van der Waals surface area contributed by atoms with Gasteiger partial charge in [0, 0.05) is 38.6 Å². The van der Waals surface area contributed by atoms with Crippen molar-refractivity contribution in [3.8, 4) is 0 Å². The van der Waals surface area contributed by atoms with Gasteiger partial charge in [-0.3, -0.25) is 4.98 Å². The van der Waals surface area contributed by atoms with Gasteiger partial charge in [0.25, 0.3) is 0 Å². The summed E-state index contributed by atoms with van der Waals surface area (Å²) >= 11 is 0. The molecule has 70 valence electrons. The maximum Gasteiger partial charge on any atom is 0.0271 e. The van der Waals surface area contributed by atoms with E-state index in [4.69, 9.17) is 0 Å². The van der Waals surface area contributed by atoms with Crippen LogP contribution in [0.4, 0.5) is 0 Å². The van der Waals surface area contributed by atoms with Crippen LogP contribution < -0.4 is 10.6 Å². The molecule has 0 aromatic carbocycles. The van der Waals surface area contributed by atoms with E-state index in [1.165, 1.54) is 18.7 Å². The highest BCUT2D eigenvalue weighted by molar-refractivity contribution is 5.08. The monoisotopic (exact) mass is 177 g/mol. The van der Waals surface area contributed by atoms with E-state index in [2.05, 4.69) is 15.6 Å². The molecule has 2 rings (SSSR count). The van der Waals surface area contributed by atoms with Gasteiger partial charge >= 0.3 is 0 Å². The minimum Gasteiger partial charge on any atom is -0.316 e. The molecule has 0 saturated carbocycles. The Labute approximate surface area is 78.6 Å². The van der Waals surface area contributed by atoms with Gasteiger partial charge in [-0.15, -0.1) is 0 Å². The van der Waals surface area contributed by atoms with Crippen LogP contribution >= 0.6 is 0 Å². The van der Waals surface area contributed by atoms with Crippen LogP contribution in [-0.2, 0) is 6.54 Å². The van der Waals surface area contributed by atoms with Gasteiger partial charge in [0.15, 0.2) is 0 Å². The SMILES string of the molecule is c1cc(CNCC2CNC2)ccn1. The Kier molecular flexibility index (Phi) is 2.90. The van der Waals surface area contributed by atoms with E-state index in [-0.39, 0.29) is 0 Å². The number of rotatable bonds is 4. The zero-order chi connectivity index (χ0) is 8.93. The second-order valence-electron chi connectivity index (χ2n) is 3.51. The van der Waals surface area contributed by atoms with Crippen molar-refractivity contribution < 1.29 is 0 Å². The third-order valence-corrected chi connectivity index (χ3v) is 2.38. The lowest BCUT2D eigenvalue weighted by Gasteiger charge is -2.27. The molecule has 3 heteroatoms. The molecule has 0 unspecified atom stereocenters. The summed E-state index contributed by atoms with van der Waals surface area (Å²) in [5.74, 6) is 0.835. The molecule has 13 heavy (non-hydrogen) atoms. The average Bonchev–Trinajstić information content (AvgIpc) is 2.11. The molecular formula is C10H15N3. The number of hydrogen-bond donors (Lipinski definition) is 2. The first-order valence-electron chi connectivity index (χ1n) is 4.75. The van der Waals surface area contributed by atoms with Gasteiger partial charge in [0.05, 0.1) is 0 Å². The van der Waals surface area contributed by atoms with Crippen molar-refractivity contribution in [1.29, 1.82) is 0 Å². The highest BCUT2D eigenvalue weighted by Gasteiger charge is 2.15. The van der Waals surface area contributed by atoms with Gasteiger partial charge in [0.2, 0.25) is 0 Å². The molecule has 0 radical (unpaired) electrons. The highest BCUT2D eigenvalue weighted by Crippen LogP contribution is 2.01. The van der Waals surface area contributed by atoms with Crippen molar-refractivity contribution in [1.82, 2.24) is 15.6 Å². The van der Waals surface area contributed by atoms with Crippen molar-refractivity contribution in [2.24, 2.45) is 5.92 Å². The number of hydrogen-bond acceptors (Lipinski definition) is 3. The van der Waals surface area contributed by atoms with Crippen LogP contribution in [0.2, 0.25) is 0 Å². The smallest absolute Gasteiger partial charge is 0.0271 e. The van der Waals surface area contributed by atoms with Gasteiger partial charge in [-0.05, 0) is 23.6 Å². The van der Waals surface area contributed by atoms with E-state index in [1.54, 1.807) is 0 Å². The maximum absolute atomic E-state index is 3.98. The van der Waals surface area contributed by atoms with E-state index in [1.807, 2.05) is 24.5 Å². The summed E-state index contributed by atoms with van der Waals surface area (Å²) < 4.78 is 0. The molecule has 1 fully saturated rings. The molecular weight excluding hydrogens is 162 g/mol. The number of nitrogens with one attached hydrogen (secondary N) is 2. The van der Waals surface area contributed by atoms with Crippen LogP contribution in [0.5, 0.6) is 0 Å².